The first kappa shape index (κ1) is 9.64. The van der Waals surface area contributed by atoms with E-state index in [9.17, 15) is 4.39 Å². The monoisotopic (exact) mass is 206 g/mol. The molecule has 0 bridgehead atoms. The minimum Gasteiger partial charge on any atom is -0.353 e. The van der Waals surface area contributed by atoms with Crippen LogP contribution in [0.1, 0.15) is 6.42 Å². The number of pyridine rings is 1. The Labute approximate surface area is 86.4 Å². The highest BCUT2D eigenvalue weighted by molar-refractivity contribution is 5.42. The maximum absolute atomic E-state index is 12.8. The summed E-state index contributed by atoms with van der Waals surface area (Å²) in [5.41, 5.74) is 0.623. The van der Waals surface area contributed by atoms with E-state index in [4.69, 9.17) is 0 Å². The van der Waals surface area contributed by atoms with Gasteiger partial charge in [0.25, 0.3) is 0 Å². The lowest BCUT2D eigenvalue weighted by molar-refractivity contribution is 0.615. The van der Waals surface area contributed by atoms with Gasteiger partial charge in [-0.15, -0.1) is 11.7 Å². The molecule has 15 heavy (non-hydrogen) atoms. The molecule has 2 aromatic heterocycles. The summed E-state index contributed by atoms with van der Waals surface area (Å²) < 4.78 is 14.2. The lowest BCUT2D eigenvalue weighted by Gasteiger charge is -1.95. The highest BCUT2D eigenvalue weighted by Crippen LogP contribution is 2.06. The van der Waals surface area contributed by atoms with E-state index in [1.54, 1.807) is 6.07 Å². The maximum Gasteiger partial charge on any atom is 0.243 e. The molecule has 2 aromatic rings. The van der Waals surface area contributed by atoms with Crippen LogP contribution in [0, 0.1) is 5.82 Å². The zero-order valence-electron chi connectivity index (χ0n) is 8.15. The number of fused-ring (bicyclic) bond motifs is 1. The van der Waals surface area contributed by atoms with Crippen molar-refractivity contribution in [1.82, 2.24) is 14.6 Å². The molecule has 0 amide bonds. The molecule has 5 heteroatoms. The van der Waals surface area contributed by atoms with Gasteiger partial charge in [-0.2, -0.15) is 4.98 Å². The molecule has 0 aliphatic heterocycles. The van der Waals surface area contributed by atoms with Crippen molar-refractivity contribution in [3.8, 4) is 0 Å². The van der Waals surface area contributed by atoms with Gasteiger partial charge >= 0.3 is 0 Å². The maximum atomic E-state index is 12.8. The first-order valence-electron chi connectivity index (χ1n) is 4.66. The van der Waals surface area contributed by atoms with Crippen molar-refractivity contribution in [3.05, 3.63) is 36.8 Å². The summed E-state index contributed by atoms with van der Waals surface area (Å²) in [5, 5.41) is 7.08. The van der Waals surface area contributed by atoms with Crippen LogP contribution in [0.2, 0.25) is 0 Å². The summed E-state index contributed by atoms with van der Waals surface area (Å²) in [4.78, 5) is 4.17. The number of rotatable bonds is 4. The van der Waals surface area contributed by atoms with Crippen molar-refractivity contribution >= 4 is 11.6 Å². The van der Waals surface area contributed by atoms with Gasteiger partial charge < -0.3 is 5.32 Å². The van der Waals surface area contributed by atoms with Crippen LogP contribution in [0.3, 0.4) is 0 Å². The van der Waals surface area contributed by atoms with Crippen LogP contribution in [0.15, 0.2) is 31.0 Å². The van der Waals surface area contributed by atoms with Crippen LogP contribution < -0.4 is 5.32 Å². The van der Waals surface area contributed by atoms with Crippen molar-refractivity contribution < 1.29 is 4.39 Å². The van der Waals surface area contributed by atoms with Crippen molar-refractivity contribution in [2.75, 3.05) is 11.9 Å². The van der Waals surface area contributed by atoms with Crippen LogP contribution in [-0.2, 0) is 0 Å². The molecule has 0 radical (unpaired) electrons. The van der Waals surface area contributed by atoms with E-state index >= 15 is 0 Å². The number of anilines is 1. The first-order valence-corrected chi connectivity index (χ1v) is 4.66. The van der Waals surface area contributed by atoms with Crippen molar-refractivity contribution in [3.63, 3.8) is 0 Å². The van der Waals surface area contributed by atoms with Gasteiger partial charge in [0.2, 0.25) is 5.95 Å². The molecule has 4 nitrogen and oxygen atoms in total. The summed E-state index contributed by atoms with van der Waals surface area (Å²) in [7, 11) is 0. The highest BCUT2D eigenvalue weighted by Gasteiger charge is 2.02. The molecule has 78 valence electrons. The fourth-order valence-corrected chi connectivity index (χ4v) is 1.22. The van der Waals surface area contributed by atoms with Gasteiger partial charge in [-0.25, -0.2) is 8.91 Å². The predicted octanol–water partition coefficient (Wildman–Crippen LogP) is 1.86. The highest BCUT2D eigenvalue weighted by atomic mass is 19.1. The van der Waals surface area contributed by atoms with E-state index in [-0.39, 0.29) is 5.82 Å². The molecule has 0 spiro atoms. The van der Waals surface area contributed by atoms with Gasteiger partial charge in [0, 0.05) is 6.54 Å². The van der Waals surface area contributed by atoms with Gasteiger partial charge in [-0.1, -0.05) is 6.08 Å². The SMILES string of the molecule is C=CCCNc1nc2ccc(F)cn2n1. The second kappa shape index (κ2) is 4.08. The molecular weight excluding hydrogens is 195 g/mol. The van der Waals surface area contributed by atoms with Gasteiger partial charge in [0.1, 0.15) is 5.82 Å². The lowest BCUT2D eigenvalue weighted by Crippen LogP contribution is -2.01. The Balaban J connectivity index is 2.19. The Hall–Kier alpha value is -1.91. The number of hydrogen-bond donors (Lipinski definition) is 1. The van der Waals surface area contributed by atoms with E-state index in [0.29, 0.717) is 11.6 Å². The van der Waals surface area contributed by atoms with Crippen molar-refractivity contribution in [2.45, 2.75) is 6.42 Å². The predicted molar refractivity (Wildman–Crippen MR) is 56.2 cm³/mol. The third-order valence-corrected chi connectivity index (χ3v) is 1.93. The average Bonchev–Trinajstić information content (AvgIpc) is 2.60. The Morgan fingerprint density at radius 2 is 2.40 bits per heavy atom. The van der Waals surface area contributed by atoms with Crippen molar-refractivity contribution in [2.24, 2.45) is 0 Å². The van der Waals surface area contributed by atoms with E-state index in [0.717, 1.165) is 13.0 Å². The third-order valence-electron chi connectivity index (χ3n) is 1.93. The van der Waals surface area contributed by atoms with Crippen LogP contribution >= 0.6 is 0 Å². The molecule has 0 atom stereocenters. The Morgan fingerprint density at radius 3 is 3.20 bits per heavy atom. The summed E-state index contributed by atoms with van der Waals surface area (Å²) in [6.45, 7) is 4.34. The molecule has 0 aromatic carbocycles. The smallest absolute Gasteiger partial charge is 0.243 e. The minimum atomic E-state index is -0.329. The molecule has 0 unspecified atom stereocenters. The number of hydrogen-bond acceptors (Lipinski definition) is 3. The molecule has 0 fully saturated rings. The van der Waals surface area contributed by atoms with Gasteiger partial charge in [-0.05, 0) is 18.6 Å². The molecule has 2 heterocycles. The average molecular weight is 206 g/mol. The fraction of sp³-hybridized carbons (Fsp3) is 0.200. The van der Waals surface area contributed by atoms with Crippen LogP contribution in [0.25, 0.3) is 5.65 Å². The lowest BCUT2D eigenvalue weighted by atomic mass is 10.4. The Kier molecular flexibility index (Phi) is 2.62. The number of nitrogens with zero attached hydrogens (tertiary/aromatic N) is 3. The zero-order chi connectivity index (χ0) is 10.7. The quantitative estimate of drug-likeness (QED) is 0.613. The molecule has 0 aliphatic rings. The van der Waals surface area contributed by atoms with Crippen LogP contribution in [0.5, 0.6) is 0 Å². The number of aromatic nitrogens is 3. The normalized spacial score (nSPS) is 10.5. The fourth-order valence-electron chi connectivity index (χ4n) is 1.22. The van der Waals surface area contributed by atoms with Crippen molar-refractivity contribution in [1.29, 1.82) is 0 Å². The number of nitrogens with one attached hydrogen (secondary N) is 1. The summed E-state index contributed by atoms with van der Waals surface area (Å²) in [5.74, 6) is 0.174. The molecule has 0 aliphatic carbocycles. The third kappa shape index (κ3) is 2.12. The van der Waals surface area contributed by atoms with Crippen LogP contribution in [-0.4, -0.2) is 21.1 Å². The Bertz CT molecular complexity index is 477. The van der Waals surface area contributed by atoms with E-state index in [1.807, 2.05) is 6.08 Å². The summed E-state index contributed by atoms with van der Waals surface area (Å²) >= 11 is 0. The van der Waals surface area contributed by atoms with Gasteiger partial charge in [0.15, 0.2) is 5.65 Å². The molecular formula is C10H11FN4. The standard InChI is InChI=1S/C10H11FN4/c1-2-3-6-12-10-13-9-5-4-8(11)7-15(9)14-10/h2,4-5,7H,1,3,6H2,(H,12,14). The Morgan fingerprint density at radius 1 is 1.53 bits per heavy atom. The van der Waals surface area contributed by atoms with E-state index < -0.39 is 0 Å². The first-order chi connectivity index (χ1) is 7.29. The van der Waals surface area contributed by atoms with E-state index in [1.165, 1.54) is 16.8 Å². The number of halogens is 1. The molecule has 1 N–H and O–H groups in total. The zero-order valence-corrected chi connectivity index (χ0v) is 8.15. The minimum absolute atomic E-state index is 0.329. The second-order valence-electron chi connectivity index (χ2n) is 3.09. The van der Waals surface area contributed by atoms with Crippen LogP contribution in [0.4, 0.5) is 10.3 Å². The van der Waals surface area contributed by atoms with Gasteiger partial charge in [0.05, 0.1) is 6.20 Å². The largest absolute Gasteiger partial charge is 0.353 e. The van der Waals surface area contributed by atoms with Gasteiger partial charge in [-0.3, -0.25) is 0 Å². The second-order valence-corrected chi connectivity index (χ2v) is 3.09. The van der Waals surface area contributed by atoms with E-state index in [2.05, 4.69) is 22.0 Å². The molecule has 0 saturated carbocycles. The topological polar surface area (TPSA) is 42.2 Å². The molecule has 0 saturated heterocycles. The summed E-state index contributed by atoms with van der Waals surface area (Å²) in [6.07, 6.45) is 3.94. The summed E-state index contributed by atoms with van der Waals surface area (Å²) in [6, 6.07) is 2.94. The molecule has 2 rings (SSSR count).